The molecule has 160 valence electrons. The van der Waals surface area contributed by atoms with E-state index in [0.29, 0.717) is 35.6 Å². The molecule has 0 radical (unpaired) electrons. The van der Waals surface area contributed by atoms with Gasteiger partial charge in [-0.05, 0) is 54.8 Å². The lowest BCUT2D eigenvalue weighted by Crippen LogP contribution is -2.26. The first kappa shape index (κ1) is 22.1. The van der Waals surface area contributed by atoms with Gasteiger partial charge in [-0.2, -0.15) is 0 Å². The van der Waals surface area contributed by atoms with Crippen LogP contribution in [-0.4, -0.2) is 22.4 Å². The van der Waals surface area contributed by atoms with Crippen LogP contribution >= 0.6 is 0 Å². The standard InChI is InChI=1S/C24H26FN5O/c1-2-5-18-9-10-20(22(23(27)31)19-8-4-12-28-21(19)15-26)24(30-18)29-13-11-16-6-3-7-17(25)14-16/h2-10,12,14,22H,11,13,15,26H2,1H3,(H2,27,31)(H,29,30). The summed E-state index contributed by atoms with van der Waals surface area (Å²) < 4.78 is 13.5. The maximum atomic E-state index is 13.5. The van der Waals surface area contributed by atoms with Crippen molar-refractivity contribution in [3.63, 3.8) is 0 Å². The van der Waals surface area contributed by atoms with E-state index >= 15 is 0 Å². The van der Waals surface area contributed by atoms with E-state index in [0.717, 1.165) is 11.3 Å². The summed E-state index contributed by atoms with van der Waals surface area (Å²) in [4.78, 5) is 21.5. The van der Waals surface area contributed by atoms with Gasteiger partial charge in [0.05, 0.1) is 17.3 Å². The number of halogens is 1. The lowest BCUT2D eigenvalue weighted by molar-refractivity contribution is -0.118. The number of nitrogens with one attached hydrogen (secondary N) is 1. The second kappa shape index (κ2) is 10.4. The summed E-state index contributed by atoms with van der Waals surface area (Å²) in [5.74, 6) is -0.999. The van der Waals surface area contributed by atoms with Crippen molar-refractivity contribution < 1.29 is 9.18 Å². The number of nitrogens with zero attached hydrogens (tertiary/aromatic N) is 2. The molecule has 3 aromatic rings. The molecule has 0 saturated heterocycles. The Hall–Kier alpha value is -3.58. The van der Waals surface area contributed by atoms with Crippen molar-refractivity contribution in [1.29, 1.82) is 0 Å². The largest absolute Gasteiger partial charge is 0.369 e. The van der Waals surface area contributed by atoms with Gasteiger partial charge in [0.15, 0.2) is 0 Å². The minimum Gasteiger partial charge on any atom is -0.369 e. The van der Waals surface area contributed by atoms with Crippen molar-refractivity contribution in [3.8, 4) is 0 Å². The van der Waals surface area contributed by atoms with Crippen LogP contribution in [0, 0.1) is 5.82 Å². The minimum atomic E-state index is -0.754. The fourth-order valence-electron chi connectivity index (χ4n) is 3.50. The van der Waals surface area contributed by atoms with Crippen LogP contribution in [0.2, 0.25) is 0 Å². The summed E-state index contributed by atoms with van der Waals surface area (Å²) in [6.07, 6.45) is 5.98. The van der Waals surface area contributed by atoms with E-state index in [9.17, 15) is 9.18 Å². The molecule has 0 aliphatic rings. The fraction of sp³-hybridized carbons (Fsp3) is 0.208. The predicted octanol–water partition coefficient (Wildman–Crippen LogP) is 3.38. The maximum absolute atomic E-state index is 13.5. The Morgan fingerprint density at radius 3 is 2.74 bits per heavy atom. The molecule has 31 heavy (non-hydrogen) atoms. The van der Waals surface area contributed by atoms with Crippen LogP contribution in [0.1, 0.15) is 40.9 Å². The topological polar surface area (TPSA) is 107 Å². The summed E-state index contributed by atoms with van der Waals surface area (Å²) in [6, 6.07) is 13.7. The van der Waals surface area contributed by atoms with E-state index < -0.39 is 11.8 Å². The number of allylic oxidation sites excluding steroid dienone is 1. The zero-order valence-electron chi connectivity index (χ0n) is 17.4. The molecule has 0 bridgehead atoms. The van der Waals surface area contributed by atoms with Crippen molar-refractivity contribution in [2.45, 2.75) is 25.8 Å². The SMILES string of the molecule is CC=Cc1ccc(C(C(N)=O)c2cccnc2CN)c(NCCc2cccc(F)c2)n1. The quantitative estimate of drug-likeness (QED) is 0.493. The van der Waals surface area contributed by atoms with Crippen molar-refractivity contribution >= 4 is 17.8 Å². The van der Waals surface area contributed by atoms with Crippen molar-refractivity contribution in [2.24, 2.45) is 11.5 Å². The number of carbonyl (C=O) groups is 1. The first-order valence-electron chi connectivity index (χ1n) is 10.1. The van der Waals surface area contributed by atoms with Gasteiger partial charge in [-0.15, -0.1) is 0 Å². The molecule has 7 heteroatoms. The molecular weight excluding hydrogens is 393 g/mol. The van der Waals surface area contributed by atoms with Crippen LogP contribution in [0.4, 0.5) is 10.2 Å². The molecule has 2 aromatic heterocycles. The number of benzene rings is 1. The third-order valence-corrected chi connectivity index (χ3v) is 4.91. The molecule has 6 nitrogen and oxygen atoms in total. The minimum absolute atomic E-state index is 0.187. The number of rotatable bonds is 9. The Bertz CT molecular complexity index is 1080. The zero-order valence-corrected chi connectivity index (χ0v) is 17.4. The van der Waals surface area contributed by atoms with Crippen molar-refractivity contribution in [2.75, 3.05) is 11.9 Å². The van der Waals surface area contributed by atoms with Crippen molar-refractivity contribution in [1.82, 2.24) is 9.97 Å². The van der Waals surface area contributed by atoms with Gasteiger partial charge < -0.3 is 16.8 Å². The Balaban J connectivity index is 1.96. The fourth-order valence-corrected chi connectivity index (χ4v) is 3.50. The molecule has 1 unspecified atom stereocenters. The lowest BCUT2D eigenvalue weighted by atomic mass is 9.89. The van der Waals surface area contributed by atoms with E-state index in [4.69, 9.17) is 11.5 Å². The third-order valence-electron chi connectivity index (χ3n) is 4.91. The Labute approximate surface area is 181 Å². The first-order chi connectivity index (χ1) is 15.0. The summed E-state index contributed by atoms with van der Waals surface area (Å²) >= 11 is 0. The number of primary amides is 1. The molecule has 3 rings (SSSR count). The highest BCUT2D eigenvalue weighted by atomic mass is 19.1. The average molecular weight is 420 g/mol. The lowest BCUT2D eigenvalue weighted by Gasteiger charge is -2.20. The third kappa shape index (κ3) is 5.52. The van der Waals surface area contributed by atoms with Crippen molar-refractivity contribution in [3.05, 3.63) is 94.7 Å². The molecule has 5 N–H and O–H groups in total. The van der Waals surface area contributed by atoms with Crippen LogP contribution in [0.3, 0.4) is 0 Å². The monoisotopic (exact) mass is 419 g/mol. The van der Waals surface area contributed by atoms with Crippen LogP contribution in [-0.2, 0) is 17.8 Å². The summed E-state index contributed by atoms with van der Waals surface area (Å²) in [5, 5.41) is 3.30. The van der Waals surface area contributed by atoms with Crippen LogP contribution < -0.4 is 16.8 Å². The van der Waals surface area contributed by atoms with E-state index in [1.807, 2.05) is 37.3 Å². The molecule has 0 aliphatic heterocycles. The molecular formula is C24H26FN5O. The molecule has 2 heterocycles. The zero-order chi connectivity index (χ0) is 22.2. The smallest absolute Gasteiger partial charge is 0.229 e. The molecule has 0 spiro atoms. The number of hydrogen-bond acceptors (Lipinski definition) is 5. The predicted molar refractivity (Wildman–Crippen MR) is 121 cm³/mol. The van der Waals surface area contributed by atoms with Gasteiger partial charge in [0, 0.05) is 24.8 Å². The molecule has 1 amide bonds. The van der Waals surface area contributed by atoms with Gasteiger partial charge in [0.25, 0.3) is 0 Å². The second-order valence-electron chi connectivity index (χ2n) is 7.06. The number of pyridine rings is 2. The second-order valence-corrected chi connectivity index (χ2v) is 7.06. The van der Waals surface area contributed by atoms with Gasteiger partial charge in [-0.25, -0.2) is 9.37 Å². The molecule has 1 atom stereocenters. The highest BCUT2D eigenvalue weighted by Gasteiger charge is 2.26. The Morgan fingerprint density at radius 2 is 2.03 bits per heavy atom. The summed E-state index contributed by atoms with van der Waals surface area (Å²) in [6.45, 7) is 2.60. The first-order valence-corrected chi connectivity index (χ1v) is 10.1. The number of anilines is 1. The number of nitrogens with two attached hydrogens (primary N) is 2. The molecule has 1 aromatic carbocycles. The number of hydrogen-bond donors (Lipinski definition) is 3. The normalized spacial score (nSPS) is 12.1. The Morgan fingerprint density at radius 1 is 1.19 bits per heavy atom. The van der Waals surface area contributed by atoms with Gasteiger partial charge in [-0.3, -0.25) is 9.78 Å². The van der Waals surface area contributed by atoms with Gasteiger partial charge >= 0.3 is 0 Å². The van der Waals surface area contributed by atoms with E-state index in [-0.39, 0.29) is 12.4 Å². The number of aromatic nitrogens is 2. The number of amides is 1. The van der Waals surface area contributed by atoms with E-state index in [1.54, 1.807) is 24.4 Å². The van der Waals surface area contributed by atoms with Crippen LogP contribution in [0.15, 0.2) is 60.8 Å². The summed E-state index contributed by atoms with van der Waals surface area (Å²) in [5.41, 5.74) is 15.2. The van der Waals surface area contributed by atoms with Gasteiger partial charge in [-0.1, -0.05) is 30.3 Å². The maximum Gasteiger partial charge on any atom is 0.229 e. The highest BCUT2D eigenvalue weighted by molar-refractivity contribution is 5.87. The summed E-state index contributed by atoms with van der Waals surface area (Å²) in [7, 11) is 0. The molecule has 0 aliphatic carbocycles. The van der Waals surface area contributed by atoms with Crippen LogP contribution in [0.25, 0.3) is 6.08 Å². The van der Waals surface area contributed by atoms with Gasteiger partial charge in [0.1, 0.15) is 11.6 Å². The average Bonchev–Trinajstić information content (AvgIpc) is 2.76. The van der Waals surface area contributed by atoms with E-state index in [1.165, 1.54) is 12.1 Å². The van der Waals surface area contributed by atoms with E-state index in [2.05, 4.69) is 15.3 Å². The Kier molecular flexibility index (Phi) is 7.45. The van der Waals surface area contributed by atoms with Crippen LogP contribution in [0.5, 0.6) is 0 Å². The highest BCUT2D eigenvalue weighted by Crippen LogP contribution is 2.31. The van der Waals surface area contributed by atoms with Gasteiger partial charge in [0.2, 0.25) is 5.91 Å². The molecule has 0 fully saturated rings. The molecule has 0 saturated carbocycles. The number of carbonyl (C=O) groups excluding carboxylic acids is 1.